The summed E-state index contributed by atoms with van der Waals surface area (Å²) in [6.07, 6.45) is 3.12. The highest BCUT2D eigenvalue weighted by atomic mass is 19.1. The molecule has 0 spiro atoms. The number of hydrogen-bond acceptors (Lipinski definition) is 4. The summed E-state index contributed by atoms with van der Waals surface area (Å²) in [6, 6.07) is 13.6. The fourth-order valence-corrected chi connectivity index (χ4v) is 2.61. The Morgan fingerprint density at radius 2 is 1.96 bits per heavy atom. The van der Waals surface area contributed by atoms with E-state index in [1.54, 1.807) is 36.6 Å². The van der Waals surface area contributed by atoms with Gasteiger partial charge in [-0.1, -0.05) is 12.1 Å². The second-order valence-corrected chi connectivity index (χ2v) is 6.08. The summed E-state index contributed by atoms with van der Waals surface area (Å²) < 4.78 is 30.0. The van der Waals surface area contributed by atoms with Crippen LogP contribution < -0.4 is 5.32 Å². The van der Waals surface area contributed by atoms with Crippen LogP contribution in [0.4, 0.5) is 4.39 Å². The fourth-order valence-electron chi connectivity index (χ4n) is 2.61. The van der Waals surface area contributed by atoms with Crippen molar-refractivity contribution < 1.29 is 22.8 Å². The van der Waals surface area contributed by atoms with Gasteiger partial charge in [0.25, 0.3) is 0 Å². The number of furan rings is 2. The highest BCUT2D eigenvalue weighted by Crippen LogP contribution is 2.25. The average molecular weight is 371 g/mol. The Labute approximate surface area is 157 Å². The topological polar surface area (TPSA) is 64.6 Å². The molecule has 2 heterocycles. The van der Waals surface area contributed by atoms with Crippen LogP contribution in [0.25, 0.3) is 11.3 Å². The maximum absolute atomic E-state index is 13.8. The van der Waals surface area contributed by atoms with Crippen molar-refractivity contribution in [3.63, 3.8) is 0 Å². The minimum atomic E-state index is -0.328. The third kappa shape index (κ3) is 5.82. The van der Waals surface area contributed by atoms with Crippen molar-refractivity contribution in [1.82, 2.24) is 5.32 Å². The molecule has 1 amide bonds. The van der Waals surface area contributed by atoms with E-state index in [4.69, 9.17) is 13.6 Å². The largest absolute Gasteiger partial charge is 0.467 e. The highest BCUT2D eigenvalue weighted by molar-refractivity contribution is 5.76. The average Bonchev–Trinajstić information content (AvgIpc) is 3.35. The van der Waals surface area contributed by atoms with Gasteiger partial charge in [0, 0.05) is 26.0 Å². The lowest BCUT2D eigenvalue weighted by Crippen LogP contribution is -2.25. The molecule has 142 valence electrons. The molecule has 2 aromatic heterocycles. The Hall–Kier alpha value is -2.86. The van der Waals surface area contributed by atoms with E-state index in [0.717, 1.165) is 12.2 Å². The molecule has 3 rings (SSSR count). The Morgan fingerprint density at radius 1 is 1.07 bits per heavy atom. The molecule has 0 aliphatic heterocycles. The first-order valence-corrected chi connectivity index (χ1v) is 8.93. The molecule has 0 atom stereocenters. The van der Waals surface area contributed by atoms with Gasteiger partial charge in [0.1, 0.15) is 29.7 Å². The summed E-state index contributed by atoms with van der Waals surface area (Å²) in [4.78, 5) is 11.9. The summed E-state index contributed by atoms with van der Waals surface area (Å²) in [7, 11) is 0. The SMILES string of the molecule is O=C(CCc1ccc(-c2ccccc2F)o1)NCCCOCc1ccco1. The first-order chi connectivity index (χ1) is 13.2. The molecule has 27 heavy (non-hydrogen) atoms. The standard InChI is InChI=1S/C21H22FNO4/c22-19-7-2-1-6-18(19)20-10-8-16(27-20)9-11-21(24)23-12-4-13-25-15-17-5-3-14-26-17/h1-3,5-8,10,14H,4,9,11-13,15H2,(H,23,24). The van der Waals surface area contributed by atoms with Crippen molar-refractivity contribution >= 4 is 5.91 Å². The van der Waals surface area contributed by atoms with Gasteiger partial charge in [-0.15, -0.1) is 0 Å². The van der Waals surface area contributed by atoms with E-state index in [2.05, 4.69) is 5.32 Å². The number of rotatable bonds is 10. The van der Waals surface area contributed by atoms with Crippen molar-refractivity contribution in [1.29, 1.82) is 0 Å². The molecule has 0 aliphatic carbocycles. The van der Waals surface area contributed by atoms with Gasteiger partial charge in [-0.2, -0.15) is 0 Å². The molecular weight excluding hydrogens is 349 g/mol. The van der Waals surface area contributed by atoms with Gasteiger partial charge in [0.05, 0.1) is 11.8 Å². The number of halogens is 1. The number of aryl methyl sites for hydroxylation is 1. The van der Waals surface area contributed by atoms with Gasteiger partial charge in [0.2, 0.25) is 5.91 Å². The Morgan fingerprint density at radius 3 is 2.78 bits per heavy atom. The lowest BCUT2D eigenvalue weighted by Gasteiger charge is -2.05. The van der Waals surface area contributed by atoms with E-state index in [1.165, 1.54) is 6.07 Å². The van der Waals surface area contributed by atoms with Gasteiger partial charge in [-0.05, 0) is 42.8 Å². The van der Waals surface area contributed by atoms with E-state index in [1.807, 2.05) is 12.1 Å². The Bertz CT molecular complexity index is 842. The predicted octanol–water partition coefficient (Wildman–Crippen LogP) is 4.33. The number of ether oxygens (including phenoxy) is 1. The van der Waals surface area contributed by atoms with Crippen molar-refractivity contribution in [2.45, 2.75) is 25.9 Å². The zero-order valence-corrected chi connectivity index (χ0v) is 14.9. The quantitative estimate of drug-likeness (QED) is 0.539. The van der Waals surface area contributed by atoms with Gasteiger partial charge >= 0.3 is 0 Å². The summed E-state index contributed by atoms with van der Waals surface area (Å²) >= 11 is 0. The lowest BCUT2D eigenvalue weighted by molar-refractivity contribution is -0.121. The molecule has 0 saturated carbocycles. The van der Waals surface area contributed by atoms with Crippen molar-refractivity contribution in [2.24, 2.45) is 0 Å². The molecule has 0 fully saturated rings. The summed E-state index contributed by atoms with van der Waals surface area (Å²) in [5.74, 6) is 1.53. The molecule has 0 radical (unpaired) electrons. The van der Waals surface area contributed by atoms with Crippen LogP contribution in [0.15, 0.2) is 63.6 Å². The number of carbonyl (C=O) groups is 1. The van der Waals surface area contributed by atoms with Crippen LogP contribution >= 0.6 is 0 Å². The van der Waals surface area contributed by atoms with Crippen molar-refractivity contribution in [3.8, 4) is 11.3 Å². The Balaban J connectivity index is 1.32. The smallest absolute Gasteiger partial charge is 0.220 e. The summed E-state index contributed by atoms with van der Waals surface area (Å²) in [5, 5.41) is 2.85. The van der Waals surface area contributed by atoms with E-state index >= 15 is 0 Å². The second kappa shape index (κ2) is 9.73. The van der Waals surface area contributed by atoms with Gasteiger partial charge in [-0.25, -0.2) is 4.39 Å². The molecule has 6 heteroatoms. The molecule has 1 N–H and O–H groups in total. The summed E-state index contributed by atoms with van der Waals surface area (Å²) in [6.45, 7) is 1.53. The molecule has 0 aliphatic rings. The molecule has 5 nitrogen and oxygen atoms in total. The van der Waals surface area contributed by atoms with Gasteiger partial charge in [0.15, 0.2) is 0 Å². The van der Waals surface area contributed by atoms with E-state index < -0.39 is 0 Å². The zero-order chi connectivity index (χ0) is 18.9. The van der Waals surface area contributed by atoms with Gasteiger partial charge in [-0.3, -0.25) is 4.79 Å². The predicted molar refractivity (Wildman–Crippen MR) is 98.4 cm³/mol. The van der Waals surface area contributed by atoms with E-state index in [0.29, 0.717) is 49.7 Å². The highest BCUT2D eigenvalue weighted by Gasteiger charge is 2.10. The van der Waals surface area contributed by atoms with E-state index in [9.17, 15) is 9.18 Å². The number of nitrogens with one attached hydrogen (secondary N) is 1. The van der Waals surface area contributed by atoms with Crippen LogP contribution in [0.2, 0.25) is 0 Å². The maximum atomic E-state index is 13.8. The van der Waals surface area contributed by atoms with Crippen LogP contribution in [0.5, 0.6) is 0 Å². The molecule has 1 aromatic carbocycles. The lowest BCUT2D eigenvalue weighted by atomic mass is 10.1. The number of amides is 1. The number of benzene rings is 1. The van der Waals surface area contributed by atoms with Crippen LogP contribution in [-0.2, 0) is 22.6 Å². The monoisotopic (exact) mass is 371 g/mol. The summed E-state index contributed by atoms with van der Waals surface area (Å²) in [5.41, 5.74) is 0.419. The van der Waals surface area contributed by atoms with Crippen LogP contribution in [-0.4, -0.2) is 19.1 Å². The zero-order valence-electron chi connectivity index (χ0n) is 14.9. The minimum Gasteiger partial charge on any atom is -0.467 e. The molecule has 0 unspecified atom stereocenters. The maximum Gasteiger partial charge on any atom is 0.220 e. The molecule has 0 saturated heterocycles. The molecule has 0 bridgehead atoms. The normalized spacial score (nSPS) is 10.9. The van der Waals surface area contributed by atoms with Gasteiger partial charge < -0.3 is 18.9 Å². The fraction of sp³-hybridized carbons (Fsp3) is 0.286. The first-order valence-electron chi connectivity index (χ1n) is 8.93. The third-order valence-corrected chi connectivity index (χ3v) is 4.01. The van der Waals surface area contributed by atoms with Crippen molar-refractivity contribution in [2.75, 3.05) is 13.2 Å². The number of hydrogen-bond donors (Lipinski definition) is 1. The van der Waals surface area contributed by atoms with Crippen LogP contribution in [0, 0.1) is 5.82 Å². The first kappa shape index (κ1) is 18.9. The second-order valence-electron chi connectivity index (χ2n) is 6.08. The van der Waals surface area contributed by atoms with Crippen molar-refractivity contribution in [3.05, 3.63) is 72.1 Å². The molecule has 3 aromatic rings. The third-order valence-electron chi connectivity index (χ3n) is 4.01. The number of carbonyl (C=O) groups excluding carboxylic acids is 1. The van der Waals surface area contributed by atoms with Crippen LogP contribution in [0.1, 0.15) is 24.4 Å². The Kier molecular flexibility index (Phi) is 6.82. The molecular formula is C21H22FNO4. The van der Waals surface area contributed by atoms with E-state index in [-0.39, 0.29) is 11.7 Å². The minimum absolute atomic E-state index is 0.0510. The van der Waals surface area contributed by atoms with Crippen LogP contribution in [0.3, 0.4) is 0 Å².